The second-order valence-electron chi connectivity index (χ2n) is 6.63. The predicted octanol–water partition coefficient (Wildman–Crippen LogP) is 5.15. The van der Waals surface area contributed by atoms with Gasteiger partial charge < -0.3 is 5.32 Å². The number of likely N-dealkylation sites (tertiary alicyclic amines) is 1. The summed E-state index contributed by atoms with van der Waals surface area (Å²) >= 11 is 12.6. The van der Waals surface area contributed by atoms with E-state index in [1.807, 2.05) is 49.4 Å². The number of piperidine rings is 1. The van der Waals surface area contributed by atoms with Crippen LogP contribution in [0.3, 0.4) is 0 Å². The van der Waals surface area contributed by atoms with Crippen LogP contribution >= 0.6 is 23.2 Å². The van der Waals surface area contributed by atoms with Gasteiger partial charge in [0.05, 0.1) is 5.92 Å². The van der Waals surface area contributed by atoms with Gasteiger partial charge in [0.25, 0.3) is 0 Å². The number of nitrogens with one attached hydrogen (secondary N) is 1. The van der Waals surface area contributed by atoms with Crippen molar-refractivity contribution in [2.75, 3.05) is 18.4 Å². The number of carbonyl (C=O) groups is 1. The summed E-state index contributed by atoms with van der Waals surface area (Å²) in [6, 6.07) is 13.4. The number of halogens is 2. The second-order valence-corrected chi connectivity index (χ2v) is 7.44. The second kappa shape index (κ2) is 8.22. The van der Waals surface area contributed by atoms with Gasteiger partial charge in [0.1, 0.15) is 0 Å². The van der Waals surface area contributed by atoms with Crippen LogP contribution in [0.25, 0.3) is 0 Å². The molecule has 132 valence electrons. The van der Waals surface area contributed by atoms with Gasteiger partial charge in [-0.3, -0.25) is 9.69 Å². The average Bonchev–Trinajstić information content (AvgIpc) is 2.60. The smallest absolute Gasteiger partial charge is 0.228 e. The maximum Gasteiger partial charge on any atom is 0.228 e. The van der Waals surface area contributed by atoms with E-state index in [1.54, 1.807) is 0 Å². The minimum absolute atomic E-state index is 0.0173. The zero-order chi connectivity index (χ0) is 17.8. The summed E-state index contributed by atoms with van der Waals surface area (Å²) in [7, 11) is 0. The van der Waals surface area contributed by atoms with Crippen LogP contribution in [-0.2, 0) is 11.3 Å². The van der Waals surface area contributed by atoms with Crippen molar-refractivity contribution in [1.29, 1.82) is 0 Å². The molecule has 3 rings (SSSR count). The molecule has 0 bridgehead atoms. The van der Waals surface area contributed by atoms with Crippen LogP contribution in [0.1, 0.15) is 24.0 Å². The highest BCUT2D eigenvalue weighted by molar-refractivity contribution is 6.35. The van der Waals surface area contributed by atoms with Crippen molar-refractivity contribution < 1.29 is 4.79 Å². The van der Waals surface area contributed by atoms with Crippen molar-refractivity contribution in [3.63, 3.8) is 0 Å². The minimum atomic E-state index is -0.0173. The van der Waals surface area contributed by atoms with E-state index < -0.39 is 0 Å². The number of benzene rings is 2. The van der Waals surface area contributed by atoms with E-state index in [0.717, 1.165) is 37.2 Å². The standard InChI is InChI=1S/C20H22Cl2N2O/c1-14-7-9-16(10-8-14)23-20(25)15-4-3-11-24(12-15)13-17-18(21)5-2-6-19(17)22/h2,5-10,15H,3-4,11-13H2,1H3,(H,23,25)/t15-/m0/s1. The number of rotatable bonds is 4. The summed E-state index contributed by atoms with van der Waals surface area (Å²) in [5.41, 5.74) is 2.96. The van der Waals surface area contributed by atoms with Gasteiger partial charge >= 0.3 is 0 Å². The summed E-state index contributed by atoms with van der Waals surface area (Å²) in [5.74, 6) is 0.0649. The Morgan fingerprint density at radius 3 is 2.52 bits per heavy atom. The van der Waals surface area contributed by atoms with E-state index in [2.05, 4.69) is 10.2 Å². The lowest BCUT2D eigenvalue weighted by molar-refractivity contribution is -0.121. The normalized spacial score (nSPS) is 18.1. The zero-order valence-electron chi connectivity index (χ0n) is 14.3. The van der Waals surface area contributed by atoms with E-state index in [-0.39, 0.29) is 11.8 Å². The quantitative estimate of drug-likeness (QED) is 0.799. The first kappa shape index (κ1) is 18.2. The molecule has 0 radical (unpaired) electrons. The number of nitrogens with zero attached hydrogens (tertiary/aromatic N) is 1. The SMILES string of the molecule is Cc1ccc(NC(=O)[C@H]2CCCN(Cc3c(Cl)cccc3Cl)C2)cc1. The first-order valence-electron chi connectivity index (χ1n) is 8.55. The third-order valence-corrected chi connectivity index (χ3v) is 5.35. The third kappa shape index (κ3) is 4.75. The minimum Gasteiger partial charge on any atom is -0.326 e. The number of amides is 1. The number of hydrogen-bond donors (Lipinski definition) is 1. The van der Waals surface area contributed by atoms with Gasteiger partial charge in [-0.1, -0.05) is 47.0 Å². The molecule has 1 atom stereocenters. The van der Waals surface area contributed by atoms with Crippen molar-refractivity contribution in [3.8, 4) is 0 Å². The van der Waals surface area contributed by atoms with Crippen LogP contribution in [0, 0.1) is 12.8 Å². The molecule has 0 spiro atoms. The number of hydrogen-bond acceptors (Lipinski definition) is 2. The first-order chi connectivity index (χ1) is 12.0. The Labute approximate surface area is 158 Å². The molecule has 1 saturated heterocycles. The Kier molecular flexibility index (Phi) is 6.00. The van der Waals surface area contributed by atoms with Crippen LogP contribution < -0.4 is 5.32 Å². The van der Waals surface area contributed by atoms with Gasteiger partial charge in [0.15, 0.2) is 0 Å². The molecule has 2 aromatic carbocycles. The van der Waals surface area contributed by atoms with E-state index in [4.69, 9.17) is 23.2 Å². The van der Waals surface area contributed by atoms with Gasteiger partial charge in [-0.2, -0.15) is 0 Å². The number of carbonyl (C=O) groups excluding carboxylic acids is 1. The zero-order valence-corrected chi connectivity index (χ0v) is 15.8. The topological polar surface area (TPSA) is 32.3 Å². The van der Waals surface area contributed by atoms with Crippen molar-refractivity contribution in [2.24, 2.45) is 5.92 Å². The summed E-state index contributed by atoms with van der Waals surface area (Å²) in [6.07, 6.45) is 1.90. The summed E-state index contributed by atoms with van der Waals surface area (Å²) in [4.78, 5) is 14.9. The van der Waals surface area contributed by atoms with Crippen molar-refractivity contribution >= 4 is 34.8 Å². The summed E-state index contributed by atoms with van der Waals surface area (Å²) in [5, 5.41) is 4.39. The van der Waals surface area contributed by atoms with Gasteiger partial charge in [-0.25, -0.2) is 0 Å². The van der Waals surface area contributed by atoms with E-state index in [9.17, 15) is 4.79 Å². The monoisotopic (exact) mass is 376 g/mol. The summed E-state index contributed by atoms with van der Waals surface area (Å²) in [6.45, 7) is 4.38. The van der Waals surface area contributed by atoms with E-state index >= 15 is 0 Å². The van der Waals surface area contributed by atoms with Crippen LogP contribution in [-0.4, -0.2) is 23.9 Å². The van der Waals surface area contributed by atoms with Gasteiger partial charge in [-0.05, 0) is 50.6 Å². The Bertz CT molecular complexity index is 726. The molecule has 1 N–H and O–H groups in total. The highest BCUT2D eigenvalue weighted by Gasteiger charge is 2.26. The fourth-order valence-electron chi connectivity index (χ4n) is 3.20. The highest BCUT2D eigenvalue weighted by atomic mass is 35.5. The van der Waals surface area contributed by atoms with Crippen molar-refractivity contribution in [2.45, 2.75) is 26.3 Å². The Morgan fingerprint density at radius 1 is 1.16 bits per heavy atom. The highest BCUT2D eigenvalue weighted by Crippen LogP contribution is 2.28. The van der Waals surface area contributed by atoms with Gasteiger partial charge in [-0.15, -0.1) is 0 Å². The maximum absolute atomic E-state index is 12.6. The van der Waals surface area contributed by atoms with Crippen LogP contribution in [0.2, 0.25) is 10.0 Å². The molecule has 5 heteroatoms. The average molecular weight is 377 g/mol. The predicted molar refractivity (Wildman–Crippen MR) is 104 cm³/mol. The van der Waals surface area contributed by atoms with Gasteiger partial charge in [0.2, 0.25) is 5.91 Å². The molecular weight excluding hydrogens is 355 g/mol. The van der Waals surface area contributed by atoms with Crippen LogP contribution in [0.15, 0.2) is 42.5 Å². The van der Waals surface area contributed by atoms with E-state index in [0.29, 0.717) is 16.6 Å². The maximum atomic E-state index is 12.6. The molecule has 1 amide bonds. The summed E-state index contributed by atoms with van der Waals surface area (Å²) < 4.78 is 0. The van der Waals surface area contributed by atoms with Crippen LogP contribution in [0.4, 0.5) is 5.69 Å². The molecule has 25 heavy (non-hydrogen) atoms. The molecule has 1 fully saturated rings. The largest absolute Gasteiger partial charge is 0.326 e. The molecule has 0 saturated carbocycles. The molecule has 1 aliphatic heterocycles. The van der Waals surface area contributed by atoms with Gasteiger partial charge in [0, 0.05) is 34.4 Å². The molecular formula is C20H22Cl2N2O. The fourth-order valence-corrected chi connectivity index (χ4v) is 3.72. The molecule has 0 unspecified atom stereocenters. The molecule has 0 aromatic heterocycles. The molecule has 2 aromatic rings. The van der Waals surface area contributed by atoms with Crippen LogP contribution in [0.5, 0.6) is 0 Å². The van der Waals surface area contributed by atoms with Crippen molar-refractivity contribution in [3.05, 3.63) is 63.6 Å². The first-order valence-corrected chi connectivity index (χ1v) is 9.31. The Balaban J connectivity index is 1.62. The fraction of sp³-hybridized carbons (Fsp3) is 0.350. The number of anilines is 1. The Morgan fingerprint density at radius 2 is 1.84 bits per heavy atom. The molecule has 3 nitrogen and oxygen atoms in total. The molecule has 0 aliphatic carbocycles. The Hall–Kier alpha value is -1.55. The van der Waals surface area contributed by atoms with E-state index in [1.165, 1.54) is 5.56 Å². The third-order valence-electron chi connectivity index (χ3n) is 4.64. The molecule has 1 heterocycles. The number of aryl methyl sites for hydroxylation is 1. The lowest BCUT2D eigenvalue weighted by Gasteiger charge is -2.32. The lowest BCUT2D eigenvalue weighted by atomic mass is 9.96. The lowest BCUT2D eigenvalue weighted by Crippen LogP contribution is -2.40. The van der Waals surface area contributed by atoms with Crippen molar-refractivity contribution in [1.82, 2.24) is 4.90 Å². The molecule has 1 aliphatic rings.